The summed E-state index contributed by atoms with van der Waals surface area (Å²) in [6.45, 7) is 6.32. The Bertz CT molecular complexity index is 1410. The first-order chi connectivity index (χ1) is 18.7. The molecule has 218 valence electrons. The fourth-order valence-electron chi connectivity index (χ4n) is 3.59. The van der Waals surface area contributed by atoms with E-state index in [4.69, 9.17) is 13.9 Å². The summed E-state index contributed by atoms with van der Waals surface area (Å²) in [7, 11) is -2.54. The van der Waals surface area contributed by atoms with Crippen molar-refractivity contribution < 1.29 is 40.3 Å². The van der Waals surface area contributed by atoms with Gasteiger partial charge in [-0.2, -0.15) is 30.2 Å². The molecular formula is C27H32F3N3O6S. The molecule has 2 aromatic carbocycles. The lowest BCUT2D eigenvalue weighted by atomic mass is 10.1. The maximum absolute atomic E-state index is 13.2. The lowest BCUT2D eigenvalue weighted by Gasteiger charge is -2.29. The average molecular weight is 584 g/mol. The highest BCUT2D eigenvalue weighted by Gasteiger charge is 2.31. The molecule has 0 unspecified atom stereocenters. The van der Waals surface area contributed by atoms with E-state index in [1.807, 2.05) is 0 Å². The zero-order valence-corrected chi connectivity index (χ0v) is 23.7. The van der Waals surface area contributed by atoms with Crippen molar-refractivity contribution in [2.24, 2.45) is 0 Å². The van der Waals surface area contributed by atoms with Gasteiger partial charge in [-0.15, -0.1) is 0 Å². The molecule has 0 atom stereocenters. The number of carbonyl (C=O) groups is 1. The number of aryl methyl sites for hydroxylation is 1. The van der Waals surface area contributed by atoms with Crippen LogP contribution in [0.25, 0.3) is 11.5 Å². The molecule has 0 radical (unpaired) electrons. The van der Waals surface area contributed by atoms with Gasteiger partial charge in [-0.25, -0.2) is 4.98 Å². The number of benzene rings is 2. The van der Waals surface area contributed by atoms with Gasteiger partial charge in [-0.05, 0) is 69.7 Å². The predicted molar refractivity (Wildman–Crippen MR) is 141 cm³/mol. The summed E-state index contributed by atoms with van der Waals surface area (Å²) >= 11 is 0. The fraction of sp³-hybridized carbons (Fsp3) is 0.407. The molecule has 40 heavy (non-hydrogen) atoms. The van der Waals surface area contributed by atoms with Crippen LogP contribution in [0.5, 0.6) is 5.75 Å². The van der Waals surface area contributed by atoms with E-state index >= 15 is 0 Å². The molecular weight excluding hydrogens is 551 g/mol. The van der Waals surface area contributed by atoms with Gasteiger partial charge in [0.25, 0.3) is 10.2 Å². The SMILES string of the molecule is CCOC(=O)CN(Cc1cccc(OCc2nc(-c3ccc(C(F)(F)F)cc3)oc2C)c1)S(=O)(=O)N(C)C(C)C. The first kappa shape index (κ1) is 31.1. The number of ether oxygens (including phenoxy) is 2. The number of esters is 1. The van der Waals surface area contributed by atoms with Crippen LogP contribution in [0.1, 0.15) is 43.4 Å². The van der Waals surface area contributed by atoms with Crippen molar-refractivity contribution in [3.63, 3.8) is 0 Å². The molecule has 0 amide bonds. The average Bonchev–Trinajstić information content (AvgIpc) is 3.26. The number of aromatic nitrogens is 1. The van der Waals surface area contributed by atoms with Crippen LogP contribution < -0.4 is 4.74 Å². The Kier molecular flexibility index (Phi) is 9.98. The highest BCUT2D eigenvalue weighted by Crippen LogP contribution is 2.31. The summed E-state index contributed by atoms with van der Waals surface area (Å²) in [5.74, 6) is 0.352. The molecule has 0 aliphatic carbocycles. The van der Waals surface area contributed by atoms with E-state index < -0.39 is 34.5 Å². The molecule has 0 aliphatic heterocycles. The molecule has 1 heterocycles. The summed E-state index contributed by atoms with van der Waals surface area (Å²) in [6.07, 6.45) is -4.44. The largest absolute Gasteiger partial charge is 0.487 e. The van der Waals surface area contributed by atoms with E-state index in [9.17, 15) is 26.4 Å². The third-order valence-electron chi connectivity index (χ3n) is 6.01. The van der Waals surface area contributed by atoms with Gasteiger partial charge in [-0.1, -0.05) is 12.1 Å². The van der Waals surface area contributed by atoms with Crippen LogP contribution in [-0.2, 0) is 39.1 Å². The van der Waals surface area contributed by atoms with E-state index in [1.54, 1.807) is 52.0 Å². The lowest BCUT2D eigenvalue weighted by molar-refractivity contribution is -0.143. The maximum atomic E-state index is 13.2. The summed E-state index contributed by atoms with van der Waals surface area (Å²) in [6, 6.07) is 10.9. The van der Waals surface area contributed by atoms with Crippen LogP contribution >= 0.6 is 0 Å². The van der Waals surface area contributed by atoms with Crippen LogP contribution in [0.4, 0.5) is 13.2 Å². The minimum atomic E-state index is -4.44. The van der Waals surface area contributed by atoms with Crippen molar-refractivity contribution in [1.29, 1.82) is 0 Å². The van der Waals surface area contributed by atoms with Crippen molar-refractivity contribution in [2.45, 2.75) is 53.1 Å². The molecule has 0 N–H and O–H groups in total. The number of nitrogens with zero attached hydrogens (tertiary/aromatic N) is 3. The molecule has 0 bridgehead atoms. The number of alkyl halides is 3. The number of halogens is 3. The van der Waals surface area contributed by atoms with Gasteiger partial charge in [0, 0.05) is 25.2 Å². The van der Waals surface area contributed by atoms with Gasteiger partial charge in [-0.3, -0.25) is 4.79 Å². The number of oxazole rings is 1. The van der Waals surface area contributed by atoms with Gasteiger partial charge in [0.1, 0.15) is 30.4 Å². The Hall–Kier alpha value is -3.42. The molecule has 3 rings (SSSR count). The van der Waals surface area contributed by atoms with Crippen LogP contribution in [0.3, 0.4) is 0 Å². The molecule has 9 nitrogen and oxygen atoms in total. The van der Waals surface area contributed by atoms with Crippen LogP contribution in [-0.4, -0.2) is 54.2 Å². The fourth-order valence-corrected chi connectivity index (χ4v) is 5.07. The van der Waals surface area contributed by atoms with Crippen molar-refractivity contribution >= 4 is 16.2 Å². The minimum Gasteiger partial charge on any atom is -0.487 e. The highest BCUT2D eigenvalue weighted by molar-refractivity contribution is 7.86. The Balaban J connectivity index is 1.75. The second kappa shape index (κ2) is 12.8. The normalized spacial score (nSPS) is 12.4. The first-order valence-electron chi connectivity index (χ1n) is 12.5. The van der Waals surface area contributed by atoms with Crippen molar-refractivity contribution in [2.75, 3.05) is 20.2 Å². The Morgan fingerprint density at radius 1 is 1.12 bits per heavy atom. The minimum absolute atomic E-state index is 0.000345. The van der Waals surface area contributed by atoms with E-state index in [0.29, 0.717) is 28.3 Å². The van der Waals surface area contributed by atoms with Crippen molar-refractivity contribution in [3.8, 4) is 17.2 Å². The van der Waals surface area contributed by atoms with Gasteiger partial charge >= 0.3 is 12.1 Å². The third-order valence-corrected chi connectivity index (χ3v) is 8.07. The Morgan fingerprint density at radius 3 is 2.40 bits per heavy atom. The van der Waals surface area contributed by atoms with Crippen molar-refractivity contribution in [3.05, 3.63) is 71.1 Å². The van der Waals surface area contributed by atoms with Gasteiger partial charge in [0.2, 0.25) is 5.89 Å². The third kappa shape index (κ3) is 7.83. The van der Waals surface area contributed by atoms with Crippen LogP contribution in [0, 0.1) is 6.92 Å². The second-order valence-electron chi connectivity index (χ2n) is 9.22. The predicted octanol–water partition coefficient (Wildman–Crippen LogP) is 5.20. The van der Waals surface area contributed by atoms with Crippen LogP contribution in [0.15, 0.2) is 52.9 Å². The number of hydrogen-bond donors (Lipinski definition) is 0. The monoisotopic (exact) mass is 583 g/mol. The smallest absolute Gasteiger partial charge is 0.416 e. The summed E-state index contributed by atoms with van der Waals surface area (Å²) in [4.78, 5) is 16.5. The molecule has 13 heteroatoms. The molecule has 3 aromatic rings. The Labute approximate surface area is 231 Å². The lowest BCUT2D eigenvalue weighted by Crippen LogP contribution is -2.46. The quantitative estimate of drug-likeness (QED) is 0.270. The Morgan fingerprint density at radius 2 is 1.80 bits per heavy atom. The second-order valence-corrected chi connectivity index (χ2v) is 11.2. The van der Waals surface area contributed by atoms with E-state index in [1.165, 1.54) is 23.5 Å². The van der Waals surface area contributed by atoms with Crippen LogP contribution in [0.2, 0.25) is 0 Å². The summed E-state index contributed by atoms with van der Waals surface area (Å²) in [5.41, 5.74) is 0.640. The summed E-state index contributed by atoms with van der Waals surface area (Å²) in [5, 5.41) is 0. The molecule has 0 aliphatic rings. The molecule has 0 saturated heterocycles. The van der Waals surface area contributed by atoms with Crippen molar-refractivity contribution in [1.82, 2.24) is 13.6 Å². The van der Waals surface area contributed by atoms with E-state index in [0.717, 1.165) is 16.4 Å². The van der Waals surface area contributed by atoms with Gasteiger partial charge < -0.3 is 13.9 Å². The zero-order chi connectivity index (χ0) is 29.7. The summed E-state index contributed by atoms with van der Waals surface area (Å²) < 4.78 is 83.6. The molecule has 0 fully saturated rings. The topological polar surface area (TPSA) is 102 Å². The zero-order valence-electron chi connectivity index (χ0n) is 22.9. The maximum Gasteiger partial charge on any atom is 0.416 e. The highest BCUT2D eigenvalue weighted by atomic mass is 32.2. The molecule has 0 saturated carbocycles. The van der Waals surface area contributed by atoms with E-state index in [-0.39, 0.29) is 31.7 Å². The molecule has 0 spiro atoms. The standard InChI is InChI=1S/C27H32F3N3O6S/c1-6-37-25(34)16-33(40(35,36)32(5)18(2)3)15-20-8-7-9-23(14-20)38-17-24-19(4)39-26(31-24)21-10-12-22(13-11-21)27(28,29)30/h7-14,18H,6,15-17H2,1-5H3. The number of hydrogen-bond acceptors (Lipinski definition) is 7. The first-order valence-corrected chi connectivity index (χ1v) is 13.9. The van der Waals surface area contributed by atoms with E-state index in [2.05, 4.69) is 4.98 Å². The number of carbonyl (C=O) groups excluding carboxylic acids is 1. The van der Waals surface area contributed by atoms with Gasteiger partial charge in [0.15, 0.2) is 0 Å². The molecule has 1 aromatic heterocycles. The number of rotatable bonds is 12. The van der Waals surface area contributed by atoms with Gasteiger partial charge in [0.05, 0.1) is 12.2 Å².